The van der Waals surface area contributed by atoms with Crippen molar-refractivity contribution in [1.29, 1.82) is 0 Å². The van der Waals surface area contributed by atoms with Crippen LogP contribution in [-0.4, -0.2) is 50.0 Å². The fourth-order valence-corrected chi connectivity index (χ4v) is 5.68. The van der Waals surface area contributed by atoms with E-state index in [9.17, 15) is 18.0 Å². The van der Waals surface area contributed by atoms with Crippen molar-refractivity contribution in [2.45, 2.75) is 64.6 Å². The third-order valence-electron chi connectivity index (χ3n) is 6.58. The van der Waals surface area contributed by atoms with Crippen molar-refractivity contribution >= 4 is 50.7 Å². The summed E-state index contributed by atoms with van der Waals surface area (Å²) in [5.41, 5.74) is 1.94. The van der Waals surface area contributed by atoms with Crippen molar-refractivity contribution in [2.24, 2.45) is 0 Å². The minimum atomic E-state index is -3.89. The predicted octanol–water partition coefficient (Wildman–Crippen LogP) is 4.93. The van der Waals surface area contributed by atoms with Crippen LogP contribution in [0.1, 0.15) is 50.2 Å². The molecule has 1 saturated carbocycles. The summed E-state index contributed by atoms with van der Waals surface area (Å²) >= 11 is 12.4. The molecule has 0 heterocycles. The second kappa shape index (κ2) is 12.3. The Bertz CT molecular complexity index is 1200. The fraction of sp³-hybridized carbons (Fsp3) is 0.462. The number of rotatable bonds is 9. The maximum absolute atomic E-state index is 13.7. The van der Waals surface area contributed by atoms with E-state index >= 15 is 0 Å². The van der Waals surface area contributed by atoms with Gasteiger partial charge in [0.05, 0.1) is 17.0 Å². The first-order valence-electron chi connectivity index (χ1n) is 12.0. The number of carbonyl (C=O) groups is 2. The summed E-state index contributed by atoms with van der Waals surface area (Å²) < 4.78 is 26.3. The SMILES string of the molecule is Cc1ccccc1CN(C(=O)CN(c1cc(Cl)ccc1Cl)S(C)(=O)=O)C(C)C(=O)NC1CCCCC1. The van der Waals surface area contributed by atoms with E-state index < -0.39 is 28.5 Å². The van der Waals surface area contributed by atoms with E-state index in [4.69, 9.17) is 23.2 Å². The van der Waals surface area contributed by atoms with Gasteiger partial charge in [-0.2, -0.15) is 0 Å². The zero-order valence-electron chi connectivity index (χ0n) is 20.8. The third-order valence-corrected chi connectivity index (χ3v) is 8.26. The highest BCUT2D eigenvalue weighted by Crippen LogP contribution is 2.31. The second-order valence-electron chi connectivity index (χ2n) is 9.33. The largest absolute Gasteiger partial charge is 0.352 e. The number of aryl methyl sites for hydroxylation is 1. The smallest absolute Gasteiger partial charge is 0.244 e. The van der Waals surface area contributed by atoms with Crippen molar-refractivity contribution in [3.05, 3.63) is 63.6 Å². The summed E-state index contributed by atoms with van der Waals surface area (Å²) in [6.45, 7) is 3.24. The van der Waals surface area contributed by atoms with E-state index in [0.717, 1.165) is 53.8 Å². The number of anilines is 1. The lowest BCUT2D eigenvalue weighted by Gasteiger charge is -2.33. The maximum Gasteiger partial charge on any atom is 0.244 e. The molecule has 2 aromatic carbocycles. The summed E-state index contributed by atoms with van der Waals surface area (Å²) in [6.07, 6.45) is 6.12. The zero-order valence-corrected chi connectivity index (χ0v) is 23.2. The molecule has 0 saturated heterocycles. The summed E-state index contributed by atoms with van der Waals surface area (Å²) in [5.74, 6) is -0.776. The lowest BCUT2D eigenvalue weighted by molar-refractivity contribution is -0.139. The highest BCUT2D eigenvalue weighted by molar-refractivity contribution is 7.92. The van der Waals surface area contributed by atoms with Crippen LogP contribution in [0.3, 0.4) is 0 Å². The number of amides is 2. The topological polar surface area (TPSA) is 86.8 Å². The van der Waals surface area contributed by atoms with Gasteiger partial charge in [-0.1, -0.05) is 66.7 Å². The molecular weight excluding hydrogens is 521 g/mol. The molecule has 36 heavy (non-hydrogen) atoms. The lowest BCUT2D eigenvalue weighted by atomic mass is 9.95. The van der Waals surface area contributed by atoms with Crippen molar-refractivity contribution < 1.29 is 18.0 Å². The van der Waals surface area contributed by atoms with Crippen molar-refractivity contribution in [2.75, 3.05) is 17.1 Å². The Balaban J connectivity index is 1.91. The molecule has 1 aliphatic carbocycles. The summed E-state index contributed by atoms with van der Waals surface area (Å²) in [6, 6.07) is 11.3. The molecule has 2 amide bonds. The van der Waals surface area contributed by atoms with E-state index in [1.165, 1.54) is 23.1 Å². The van der Waals surface area contributed by atoms with Crippen LogP contribution in [0.15, 0.2) is 42.5 Å². The van der Waals surface area contributed by atoms with E-state index in [1.54, 1.807) is 6.92 Å². The van der Waals surface area contributed by atoms with Gasteiger partial charge in [-0.05, 0) is 56.0 Å². The van der Waals surface area contributed by atoms with Gasteiger partial charge in [0.1, 0.15) is 12.6 Å². The molecule has 0 spiro atoms. The number of nitrogens with one attached hydrogen (secondary N) is 1. The third kappa shape index (κ3) is 7.37. The van der Waals surface area contributed by atoms with Crippen molar-refractivity contribution in [3.63, 3.8) is 0 Å². The molecule has 10 heteroatoms. The molecule has 2 aromatic rings. The molecule has 1 unspecified atom stereocenters. The average Bonchev–Trinajstić information content (AvgIpc) is 2.83. The number of halogens is 2. The van der Waals surface area contributed by atoms with Crippen LogP contribution in [0.4, 0.5) is 5.69 Å². The Hall–Kier alpha value is -2.29. The zero-order chi connectivity index (χ0) is 26.5. The molecule has 7 nitrogen and oxygen atoms in total. The van der Waals surface area contributed by atoms with Crippen molar-refractivity contribution in [1.82, 2.24) is 10.2 Å². The number of benzene rings is 2. The number of nitrogens with zero attached hydrogens (tertiary/aromatic N) is 2. The molecule has 1 fully saturated rings. The van der Waals surface area contributed by atoms with Crippen LogP contribution >= 0.6 is 23.2 Å². The van der Waals surface area contributed by atoms with Crippen LogP contribution in [0.25, 0.3) is 0 Å². The van der Waals surface area contributed by atoms with Gasteiger partial charge in [-0.15, -0.1) is 0 Å². The minimum absolute atomic E-state index is 0.0851. The highest BCUT2D eigenvalue weighted by Gasteiger charge is 2.32. The summed E-state index contributed by atoms with van der Waals surface area (Å²) in [5, 5.41) is 3.51. The van der Waals surface area contributed by atoms with Crippen LogP contribution in [0, 0.1) is 6.92 Å². The first kappa shape index (κ1) is 28.3. The van der Waals surface area contributed by atoms with E-state index in [1.807, 2.05) is 31.2 Å². The molecule has 1 N–H and O–H groups in total. The van der Waals surface area contributed by atoms with Crippen molar-refractivity contribution in [3.8, 4) is 0 Å². The number of carbonyl (C=O) groups excluding carboxylic acids is 2. The molecular formula is C26H33Cl2N3O4S. The second-order valence-corrected chi connectivity index (χ2v) is 12.1. The minimum Gasteiger partial charge on any atom is -0.352 e. The molecule has 0 aromatic heterocycles. The molecule has 0 aliphatic heterocycles. The molecule has 1 aliphatic rings. The Labute approximate surface area is 223 Å². The van der Waals surface area contributed by atoms with Gasteiger partial charge in [0, 0.05) is 17.6 Å². The van der Waals surface area contributed by atoms with Gasteiger partial charge in [0.15, 0.2) is 0 Å². The van der Waals surface area contributed by atoms with Crippen LogP contribution < -0.4 is 9.62 Å². The Morgan fingerprint density at radius 1 is 1.08 bits per heavy atom. The van der Waals surface area contributed by atoms with E-state index in [2.05, 4.69) is 5.32 Å². The molecule has 1 atom stereocenters. The highest BCUT2D eigenvalue weighted by atomic mass is 35.5. The van der Waals surface area contributed by atoms with Gasteiger partial charge < -0.3 is 10.2 Å². The van der Waals surface area contributed by atoms with Gasteiger partial charge in [0.25, 0.3) is 0 Å². The Kier molecular flexibility index (Phi) is 9.66. The van der Waals surface area contributed by atoms with Crippen LogP contribution in [0.2, 0.25) is 10.0 Å². The average molecular weight is 555 g/mol. The molecule has 0 bridgehead atoms. The van der Waals surface area contributed by atoms with Gasteiger partial charge >= 0.3 is 0 Å². The van der Waals surface area contributed by atoms with Crippen LogP contribution in [-0.2, 0) is 26.2 Å². The van der Waals surface area contributed by atoms with Gasteiger partial charge in [-0.3, -0.25) is 13.9 Å². The summed E-state index contributed by atoms with van der Waals surface area (Å²) in [4.78, 5) is 28.3. The Morgan fingerprint density at radius 2 is 1.75 bits per heavy atom. The first-order chi connectivity index (χ1) is 17.0. The Morgan fingerprint density at radius 3 is 2.39 bits per heavy atom. The number of hydrogen-bond acceptors (Lipinski definition) is 4. The standard InChI is InChI=1S/C26H33Cl2N3O4S/c1-18-9-7-8-10-20(18)16-30(19(2)26(33)29-22-11-5-4-6-12-22)25(32)17-31(36(3,34)35)24-15-21(27)13-14-23(24)28/h7-10,13-15,19,22H,4-6,11-12,16-17H2,1-3H3,(H,29,33). The van der Waals surface area contributed by atoms with E-state index in [0.29, 0.717) is 0 Å². The lowest BCUT2D eigenvalue weighted by Crippen LogP contribution is -2.53. The van der Waals surface area contributed by atoms with E-state index in [-0.39, 0.29) is 34.2 Å². The van der Waals surface area contributed by atoms with Gasteiger partial charge in [0.2, 0.25) is 21.8 Å². The molecule has 0 radical (unpaired) electrons. The molecule has 196 valence electrons. The first-order valence-corrected chi connectivity index (χ1v) is 14.6. The molecule has 3 rings (SSSR count). The number of hydrogen-bond donors (Lipinski definition) is 1. The quantitative estimate of drug-likeness (QED) is 0.476. The summed E-state index contributed by atoms with van der Waals surface area (Å²) in [7, 11) is -3.89. The number of sulfonamides is 1. The monoisotopic (exact) mass is 553 g/mol. The fourth-order valence-electron chi connectivity index (χ4n) is 4.39. The predicted molar refractivity (Wildman–Crippen MR) is 145 cm³/mol. The normalized spacial score (nSPS) is 15.2. The maximum atomic E-state index is 13.7. The van der Waals surface area contributed by atoms with Gasteiger partial charge in [-0.25, -0.2) is 8.42 Å². The van der Waals surface area contributed by atoms with Crippen LogP contribution in [0.5, 0.6) is 0 Å².